The summed E-state index contributed by atoms with van der Waals surface area (Å²) in [6.07, 6.45) is 6.15. The number of aliphatic hydroxyl groups excluding tert-OH is 1. The smallest absolute Gasteiger partial charge is 0.191 e. The molecule has 1 aromatic heterocycles. The van der Waals surface area contributed by atoms with E-state index in [0.29, 0.717) is 16.8 Å². The molecule has 1 saturated carbocycles. The number of aromatic nitrogens is 2. The second-order valence-electron chi connectivity index (χ2n) is 4.44. The summed E-state index contributed by atoms with van der Waals surface area (Å²) >= 11 is 1.46. The molecule has 2 rings (SSSR count). The van der Waals surface area contributed by atoms with Gasteiger partial charge >= 0.3 is 0 Å². The van der Waals surface area contributed by atoms with E-state index in [4.69, 9.17) is 5.73 Å². The molecule has 0 amide bonds. The molecule has 0 aliphatic heterocycles. The summed E-state index contributed by atoms with van der Waals surface area (Å²) in [5, 5.41) is 13.5. The predicted molar refractivity (Wildman–Crippen MR) is 70.1 cm³/mol. The molecule has 5 nitrogen and oxygen atoms in total. The van der Waals surface area contributed by atoms with Crippen molar-refractivity contribution in [2.24, 2.45) is 0 Å². The molecule has 1 aliphatic carbocycles. The second kappa shape index (κ2) is 5.10. The fourth-order valence-electron chi connectivity index (χ4n) is 2.24. The fraction of sp³-hybridized carbons (Fsp3) is 0.636. The molecule has 94 valence electrons. The fourth-order valence-corrected chi connectivity index (χ4v) is 2.63. The summed E-state index contributed by atoms with van der Waals surface area (Å²) in [6.45, 7) is 0.130. The Morgan fingerprint density at radius 3 is 2.76 bits per heavy atom. The first-order valence-corrected chi connectivity index (χ1v) is 6.97. The minimum absolute atomic E-state index is 0.130. The van der Waals surface area contributed by atoms with Gasteiger partial charge in [0.1, 0.15) is 11.6 Å². The Labute approximate surface area is 105 Å². The zero-order valence-electron chi connectivity index (χ0n) is 9.94. The first-order chi connectivity index (χ1) is 8.17. The van der Waals surface area contributed by atoms with Crippen molar-refractivity contribution in [2.45, 2.75) is 36.4 Å². The van der Waals surface area contributed by atoms with Gasteiger partial charge in [-0.1, -0.05) is 24.6 Å². The van der Waals surface area contributed by atoms with Crippen LogP contribution in [-0.4, -0.2) is 33.5 Å². The van der Waals surface area contributed by atoms with Crippen molar-refractivity contribution in [1.29, 1.82) is 0 Å². The minimum atomic E-state index is -0.226. The Morgan fingerprint density at radius 1 is 1.47 bits per heavy atom. The lowest BCUT2D eigenvalue weighted by molar-refractivity contribution is 0.213. The molecule has 0 radical (unpaired) electrons. The minimum Gasteiger partial charge on any atom is -0.394 e. The van der Waals surface area contributed by atoms with Crippen LogP contribution in [0.1, 0.15) is 25.7 Å². The molecule has 4 N–H and O–H groups in total. The van der Waals surface area contributed by atoms with E-state index >= 15 is 0 Å². The zero-order chi connectivity index (χ0) is 12.3. The second-order valence-corrected chi connectivity index (χ2v) is 5.21. The van der Waals surface area contributed by atoms with Crippen LogP contribution in [0, 0.1) is 0 Å². The van der Waals surface area contributed by atoms with E-state index in [9.17, 15) is 5.11 Å². The molecule has 6 heteroatoms. The summed E-state index contributed by atoms with van der Waals surface area (Å²) in [4.78, 5) is 8.46. The number of hydrogen-bond acceptors (Lipinski definition) is 6. The molecule has 0 aromatic carbocycles. The lowest BCUT2D eigenvalue weighted by atomic mass is 9.99. The van der Waals surface area contributed by atoms with Gasteiger partial charge in [-0.3, -0.25) is 0 Å². The van der Waals surface area contributed by atoms with Gasteiger partial charge in [0, 0.05) is 6.07 Å². The third-order valence-electron chi connectivity index (χ3n) is 3.16. The van der Waals surface area contributed by atoms with Crippen LogP contribution in [-0.2, 0) is 0 Å². The van der Waals surface area contributed by atoms with Crippen molar-refractivity contribution >= 4 is 23.4 Å². The number of anilines is 2. The van der Waals surface area contributed by atoms with Crippen LogP contribution >= 0.6 is 11.8 Å². The van der Waals surface area contributed by atoms with E-state index in [0.717, 1.165) is 25.7 Å². The molecule has 1 fully saturated rings. The van der Waals surface area contributed by atoms with E-state index in [-0.39, 0.29) is 12.1 Å². The largest absolute Gasteiger partial charge is 0.394 e. The van der Waals surface area contributed by atoms with Crippen LogP contribution in [0.4, 0.5) is 11.6 Å². The first-order valence-electron chi connectivity index (χ1n) is 5.75. The van der Waals surface area contributed by atoms with Gasteiger partial charge in [-0.2, -0.15) is 0 Å². The molecular weight excluding hydrogens is 236 g/mol. The number of nitrogens with one attached hydrogen (secondary N) is 1. The molecule has 1 aromatic rings. The van der Waals surface area contributed by atoms with Gasteiger partial charge in [-0.05, 0) is 19.1 Å². The van der Waals surface area contributed by atoms with Gasteiger partial charge in [-0.25, -0.2) is 9.97 Å². The quantitative estimate of drug-likeness (QED) is 0.558. The summed E-state index contributed by atoms with van der Waals surface area (Å²) < 4.78 is 0. The lowest BCUT2D eigenvalue weighted by Crippen LogP contribution is -2.39. The van der Waals surface area contributed by atoms with Crippen molar-refractivity contribution in [3.05, 3.63) is 6.07 Å². The van der Waals surface area contributed by atoms with Crippen LogP contribution in [0.25, 0.3) is 0 Å². The maximum absolute atomic E-state index is 9.53. The first kappa shape index (κ1) is 12.4. The molecule has 0 atom stereocenters. The van der Waals surface area contributed by atoms with E-state index in [1.54, 1.807) is 6.07 Å². The monoisotopic (exact) mass is 254 g/mol. The summed E-state index contributed by atoms with van der Waals surface area (Å²) in [7, 11) is 0. The molecule has 0 unspecified atom stereocenters. The van der Waals surface area contributed by atoms with Crippen molar-refractivity contribution < 1.29 is 5.11 Å². The van der Waals surface area contributed by atoms with Crippen LogP contribution in [0.2, 0.25) is 0 Å². The number of nitrogen functional groups attached to an aromatic ring is 1. The number of hydrogen-bond donors (Lipinski definition) is 3. The van der Waals surface area contributed by atoms with Gasteiger partial charge in [0.25, 0.3) is 0 Å². The number of thioether (sulfide) groups is 1. The average molecular weight is 254 g/mol. The molecule has 0 spiro atoms. The van der Waals surface area contributed by atoms with Crippen molar-refractivity contribution in [2.75, 3.05) is 23.9 Å². The highest BCUT2D eigenvalue weighted by atomic mass is 32.2. The maximum atomic E-state index is 9.53. The van der Waals surface area contributed by atoms with Gasteiger partial charge < -0.3 is 16.2 Å². The van der Waals surface area contributed by atoms with Gasteiger partial charge in [0.05, 0.1) is 12.1 Å². The van der Waals surface area contributed by atoms with Crippen molar-refractivity contribution in [3.8, 4) is 0 Å². The number of rotatable bonds is 4. The normalized spacial score (nSPS) is 18.2. The van der Waals surface area contributed by atoms with E-state index in [1.165, 1.54) is 11.8 Å². The van der Waals surface area contributed by atoms with Crippen LogP contribution in [0.5, 0.6) is 0 Å². The molecule has 17 heavy (non-hydrogen) atoms. The molecule has 1 aliphatic rings. The molecule has 0 saturated heterocycles. The summed E-state index contributed by atoms with van der Waals surface area (Å²) in [5.41, 5.74) is 5.50. The van der Waals surface area contributed by atoms with Crippen LogP contribution in [0.15, 0.2) is 11.2 Å². The molecule has 0 bridgehead atoms. The number of nitrogens with two attached hydrogens (primary N) is 1. The van der Waals surface area contributed by atoms with Gasteiger partial charge in [-0.15, -0.1) is 0 Å². The van der Waals surface area contributed by atoms with Gasteiger partial charge in [0.15, 0.2) is 5.16 Å². The summed E-state index contributed by atoms with van der Waals surface area (Å²) in [6, 6.07) is 1.72. The third-order valence-corrected chi connectivity index (χ3v) is 3.71. The molecule has 1 heterocycles. The van der Waals surface area contributed by atoms with Crippen molar-refractivity contribution in [3.63, 3.8) is 0 Å². The third kappa shape index (κ3) is 2.81. The van der Waals surface area contributed by atoms with Crippen molar-refractivity contribution in [1.82, 2.24) is 9.97 Å². The van der Waals surface area contributed by atoms with E-state index in [2.05, 4.69) is 15.3 Å². The maximum Gasteiger partial charge on any atom is 0.191 e. The van der Waals surface area contributed by atoms with E-state index in [1.807, 2.05) is 6.26 Å². The SMILES string of the molecule is CSc1nc(N)cc(NC2(CO)CCCC2)n1. The topological polar surface area (TPSA) is 84.1 Å². The Bertz CT molecular complexity index is 393. The number of nitrogens with zero attached hydrogens (tertiary/aromatic N) is 2. The Balaban J connectivity index is 2.19. The Hall–Kier alpha value is -1.01. The highest BCUT2D eigenvalue weighted by molar-refractivity contribution is 7.98. The highest BCUT2D eigenvalue weighted by Gasteiger charge is 2.33. The van der Waals surface area contributed by atoms with Crippen LogP contribution < -0.4 is 11.1 Å². The summed E-state index contributed by atoms with van der Waals surface area (Å²) in [5.74, 6) is 1.16. The highest BCUT2D eigenvalue weighted by Crippen LogP contribution is 2.32. The predicted octanol–water partition coefficient (Wildman–Crippen LogP) is 1.50. The van der Waals surface area contributed by atoms with Crippen LogP contribution in [0.3, 0.4) is 0 Å². The Morgan fingerprint density at radius 2 is 2.18 bits per heavy atom. The Kier molecular flexibility index (Phi) is 3.73. The zero-order valence-corrected chi connectivity index (χ0v) is 10.8. The van der Waals surface area contributed by atoms with E-state index < -0.39 is 0 Å². The standard InChI is InChI=1S/C11H18N4OS/c1-17-10-13-8(12)6-9(14-10)15-11(7-16)4-2-3-5-11/h6,16H,2-5,7H2,1H3,(H3,12,13,14,15). The lowest BCUT2D eigenvalue weighted by Gasteiger charge is -2.28. The van der Waals surface area contributed by atoms with Gasteiger partial charge in [0.2, 0.25) is 0 Å². The average Bonchev–Trinajstić information content (AvgIpc) is 2.77. The number of aliphatic hydroxyl groups is 1. The molecular formula is C11H18N4OS.